The second-order valence-electron chi connectivity index (χ2n) is 3.77. The Hall–Kier alpha value is -1.04. The summed E-state index contributed by atoms with van der Waals surface area (Å²) in [6, 6.07) is 5.28. The zero-order valence-electron chi connectivity index (χ0n) is 10.3. The molecule has 4 nitrogen and oxygen atoms in total. The normalized spacial score (nSPS) is 10.5. The fourth-order valence-corrected chi connectivity index (χ4v) is 2.38. The van der Waals surface area contributed by atoms with Gasteiger partial charge in [0.15, 0.2) is 5.01 Å². The van der Waals surface area contributed by atoms with Gasteiger partial charge in [-0.05, 0) is 18.6 Å². The number of hydrogen-bond donors (Lipinski definition) is 1. The monoisotopic (exact) mass is 317 g/mol. The van der Waals surface area contributed by atoms with Crippen molar-refractivity contribution < 1.29 is 4.74 Å². The van der Waals surface area contributed by atoms with Gasteiger partial charge in [-0.15, -0.1) is 10.2 Å². The van der Waals surface area contributed by atoms with Crippen LogP contribution in [-0.4, -0.2) is 16.7 Å². The van der Waals surface area contributed by atoms with Gasteiger partial charge in [-0.1, -0.05) is 47.5 Å². The van der Waals surface area contributed by atoms with Crippen LogP contribution < -0.4 is 10.1 Å². The third kappa shape index (κ3) is 3.96. The number of anilines is 1. The molecule has 2 aromatic rings. The molecular formula is C12H13Cl2N3OS. The Morgan fingerprint density at radius 2 is 2.16 bits per heavy atom. The molecule has 0 aliphatic rings. The van der Waals surface area contributed by atoms with E-state index in [0.717, 1.165) is 23.1 Å². The summed E-state index contributed by atoms with van der Waals surface area (Å²) in [6.45, 7) is 3.31. The number of aromatic nitrogens is 2. The van der Waals surface area contributed by atoms with Crippen LogP contribution in [0.5, 0.6) is 5.75 Å². The number of rotatable bonds is 6. The number of benzene rings is 1. The van der Waals surface area contributed by atoms with Gasteiger partial charge in [0.1, 0.15) is 17.4 Å². The predicted molar refractivity (Wildman–Crippen MR) is 79.5 cm³/mol. The molecule has 1 aromatic heterocycles. The molecule has 7 heteroatoms. The molecular weight excluding hydrogens is 305 g/mol. The molecule has 0 aliphatic carbocycles. The molecule has 0 amide bonds. The molecule has 0 fully saturated rings. The van der Waals surface area contributed by atoms with Crippen molar-refractivity contribution in [1.29, 1.82) is 0 Å². The van der Waals surface area contributed by atoms with E-state index in [4.69, 9.17) is 27.9 Å². The molecule has 0 spiro atoms. The van der Waals surface area contributed by atoms with Crippen molar-refractivity contribution in [3.8, 4) is 5.75 Å². The van der Waals surface area contributed by atoms with Crippen LogP contribution in [0.25, 0.3) is 0 Å². The smallest absolute Gasteiger partial charge is 0.205 e. The van der Waals surface area contributed by atoms with Crippen LogP contribution >= 0.6 is 34.5 Å². The first-order valence-corrected chi connectivity index (χ1v) is 7.41. The van der Waals surface area contributed by atoms with Crippen molar-refractivity contribution in [3.63, 3.8) is 0 Å². The highest BCUT2D eigenvalue weighted by atomic mass is 35.5. The molecule has 1 heterocycles. The molecule has 1 aromatic carbocycles. The van der Waals surface area contributed by atoms with Crippen LogP contribution in [-0.2, 0) is 6.61 Å². The third-order valence-electron chi connectivity index (χ3n) is 2.26. The zero-order valence-corrected chi connectivity index (χ0v) is 12.6. The highest BCUT2D eigenvalue weighted by Gasteiger charge is 2.08. The average Bonchev–Trinajstić information content (AvgIpc) is 2.86. The highest BCUT2D eigenvalue weighted by Crippen LogP contribution is 2.32. The first kappa shape index (κ1) is 14.4. The molecule has 0 aliphatic heterocycles. The van der Waals surface area contributed by atoms with E-state index < -0.39 is 0 Å². The van der Waals surface area contributed by atoms with Gasteiger partial charge in [0.05, 0.1) is 5.02 Å². The van der Waals surface area contributed by atoms with Crippen molar-refractivity contribution in [2.45, 2.75) is 20.0 Å². The summed E-state index contributed by atoms with van der Waals surface area (Å²) in [5.74, 6) is 0.549. The van der Waals surface area contributed by atoms with Crippen molar-refractivity contribution in [2.75, 3.05) is 11.9 Å². The lowest BCUT2D eigenvalue weighted by Gasteiger charge is -2.06. The molecule has 0 bridgehead atoms. The van der Waals surface area contributed by atoms with E-state index in [1.807, 2.05) is 0 Å². The third-order valence-corrected chi connectivity index (χ3v) is 3.92. The number of ether oxygens (including phenoxy) is 1. The Kier molecular flexibility index (Phi) is 5.24. The number of hydrogen-bond acceptors (Lipinski definition) is 5. The Labute approximate surface area is 125 Å². The quantitative estimate of drug-likeness (QED) is 0.865. The zero-order chi connectivity index (χ0) is 13.7. The molecule has 2 rings (SSSR count). The molecule has 0 saturated carbocycles. The van der Waals surface area contributed by atoms with Crippen molar-refractivity contribution >= 4 is 39.7 Å². The fourth-order valence-electron chi connectivity index (χ4n) is 1.35. The van der Waals surface area contributed by atoms with E-state index in [-0.39, 0.29) is 0 Å². The first-order chi connectivity index (χ1) is 9.20. The summed E-state index contributed by atoms with van der Waals surface area (Å²) in [4.78, 5) is 0. The van der Waals surface area contributed by atoms with Crippen molar-refractivity contribution in [3.05, 3.63) is 33.3 Å². The second kappa shape index (κ2) is 6.93. The number of halogens is 2. The minimum atomic E-state index is 0.325. The number of nitrogens with zero attached hydrogens (tertiary/aromatic N) is 2. The van der Waals surface area contributed by atoms with Gasteiger partial charge in [0.25, 0.3) is 0 Å². The Bertz CT molecular complexity index is 548. The van der Waals surface area contributed by atoms with E-state index in [1.54, 1.807) is 18.2 Å². The summed E-state index contributed by atoms with van der Waals surface area (Å²) >= 11 is 13.4. The fraction of sp³-hybridized carbons (Fsp3) is 0.333. The van der Waals surface area contributed by atoms with Gasteiger partial charge in [0, 0.05) is 6.54 Å². The average molecular weight is 318 g/mol. The van der Waals surface area contributed by atoms with Gasteiger partial charge < -0.3 is 10.1 Å². The molecule has 0 atom stereocenters. The Morgan fingerprint density at radius 3 is 2.95 bits per heavy atom. The van der Waals surface area contributed by atoms with E-state index in [9.17, 15) is 0 Å². The minimum absolute atomic E-state index is 0.325. The summed E-state index contributed by atoms with van der Waals surface area (Å²) < 4.78 is 5.59. The van der Waals surface area contributed by atoms with Gasteiger partial charge in [-0.2, -0.15) is 0 Å². The lowest BCUT2D eigenvalue weighted by Crippen LogP contribution is -1.98. The minimum Gasteiger partial charge on any atom is -0.485 e. The largest absolute Gasteiger partial charge is 0.485 e. The van der Waals surface area contributed by atoms with Crippen molar-refractivity contribution in [2.24, 2.45) is 0 Å². The number of nitrogens with one attached hydrogen (secondary N) is 1. The lowest BCUT2D eigenvalue weighted by molar-refractivity contribution is 0.305. The van der Waals surface area contributed by atoms with Crippen LogP contribution in [0.15, 0.2) is 18.2 Å². The molecule has 0 unspecified atom stereocenters. The molecule has 0 saturated heterocycles. The maximum Gasteiger partial charge on any atom is 0.205 e. The van der Waals surface area contributed by atoms with E-state index in [2.05, 4.69) is 22.4 Å². The Morgan fingerprint density at radius 1 is 1.32 bits per heavy atom. The predicted octanol–water partition coefficient (Wildman–Crippen LogP) is 4.25. The lowest BCUT2D eigenvalue weighted by atomic mass is 10.3. The van der Waals surface area contributed by atoms with Gasteiger partial charge in [-0.3, -0.25) is 0 Å². The maximum atomic E-state index is 6.03. The Balaban J connectivity index is 1.95. The highest BCUT2D eigenvalue weighted by molar-refractivity contribution is 7.15. The van der Waals surface area contributed by atoms with Gasteiger partial charge in [-0.25, -0.2) is 0 Å². The van der Waals surface area contributed by atoms with E-state index in [1.165, 1.54) is 11.3 Å². The van der Waals surface area contributed by atoms with Gasteiger partial charge in [0.2, 0.25) is 5.13 Å². The van der Waals surface area contributed by atoms with Crippen molar-refractivity contribution in [1.82, 2.24) is 10.2 Å². The topological polar surface area (TPSA) is 47.0 Å². The van der Waals surface area contributed by atoms with Crippen LogP contribution in [0.2, 0.25) is 10.0 Å². The molecule has 19 heavy (non-hydrogen) atoms. The van der Waals surface area contributed by atoms with Crippen LogP contribution in [0.1, 0.15) is 18.4 Å². The summed E-state index contributed by atoms with van der Waals surface area (Å²) in [6.07, 6.45) is 1.05. The maximum absolute atomic E-state index is 6.03. The van der Waals surface area contributed by atoms with Gasteiger partial charge >= 0.3 is 0 Å². The summed E-state index contributed by atoms with van der Waals surface area (Å²) in [7, 11) is 0. The summed E-state index contributed by atoms with van der Waals surface area (Å²) in [5.41, 5.74) is 0. The van der Waals surface area contributed by atoms with E-state index in [0.29, 0.717) is 22.4 Å². The molecule has 0 radical (unpaired) electrons. The standard InChI is InChI=1S/C12H13Cl2N3OS/c1-2-6-15-12-17-16-10(19-12)7-18-9-5-3-4-8(13)11(9)14/h3-5H,2,6-7H2,1H3,(H,15,17). The first-order valence-electron chi connectivity index (χ1n) is 5.83. The second-order valence-corrected chi connectivity index (χ2v) is 5.62. The SMILES string of the molecule is CCCNc1nnc(COc2cccc(Cl)c2Cl)s1. The van der Waals surface area contributed by atoms with Crippen LogP contribution in [0, 0.1) is 0 Å². The van der Waals surface area contributed by atoms with Crippen LogP contribution in [0.4, 0.5) is 5.13 Å². The molecule has 1 N–H and O–H groups in total. The van der Waals surface area contributed by atoms with E-state index >= 15 is 0 Å². The van der Waals surface area contributed by atoms with Crippen LogP contribution in [0.3, 0.4) is 0 Å². The summed E-state index contributed by atoms with van der Waals surface area (Å²) in [5, 5.41) is 13.7. The molecule has 102 valence electrons.